The van der Waals surface area contributed by atoms with E-state index in [9.17, 15) is 0 Å². The van der Waals surface area contributed by atoms with Gasteiger partial charge in [0.25, 0.3) is 0 Å². The van der Waals surface area contributed by atoms with Gasteiger partial charge in [-0.25, -0.2) is 4.98 Å². The molecule has 88 valence electrons. The Morgan fingerprint density at radius 3 is 3.06 bits per heavy atom. The lowest BCUT2D eigenvalue weighted by molar-refractivity contribution is 0.327. The topological polar surface area (TPSA) is 24.9 Å². The molecule has 1 heterocycles. The minimum Gasteiger partial charge on any atom is -0.367 e. The van der Waals surface area contributed by atoms with E-state index in [1.807, 2.05) is 12.3 Å². The largest absolute Gasteiger partial charge is 0.367 e. The van der Waals surface area contributed by atoms with Gasteiger partial charge in [-0.2, -0.15) is 0 Å². The average molecular weight is 218 g/mol. The van der Waals surface area contributed by atoms with Crippen LogP contribution in [0.2, 0.25) is 0 Å². The number of nitrogens with one attached hydrogen (secondary N) is 1. The van der Waals surface area contributed by atoms with Gasteiger partial charge in [-0.1, -0.05) is 26.2 Å². The molecule has 2 heteroatoms. The Kier molecular flexibility index (Phi) is 3.81. The van der Waals surface area contributed by atoms with Crippen molar-refractivity contribution in [1.82, 2.24) is 4.98 Å². The van der Waals surface area contributed by atoms with Crippen LogP contribution in [-0.4, -0.2) is 11.0 Å². The van der Waals surface area contributed by atoms with Gasteiger partial charge in [0.15, 0.2) is 0 Å². The summed E-state index contributed by atoms with van der Waals surface area (Å²) < 4.78 is 0. The third-order valence-corrected chi connectivity index (χ3v) is 3.63. The van der Waals surface area contributed by atoms with Crippen LogP contribution >= 0.6 is 0 Å². The minimum absolute atomic E-state index is 0.632. The van der Waals surface area contributed by atoms with E-state index in [0.29, 0.717) is 6.04 Å². The third-order valence-electron chi connectivity index (χ3n) is 3.63. The molecule has 0 amide bonds. The Hall–Kier alpha value is -1.05. The predicted octanol–water partition coefficient (Wildman–Crippen LogP) is 3.77. The fraction of sp³-hybridized carbons (Fsp3) is 0.643. The van der Waals surface area contributed by atoms with Crippen LogP contribution in [-0.2, 0) is 0 Å². The smallest absolute Gasteiger partial charge is 0.126 e. The third kappa shape index (κ3) is 2.97. The van der Waals surface area contributed by atoms with Crippen molar-refractivity contribution in [3.05, 3.63) is 23.9 Å². The number of hydrogen-bond donors (Lipinski definition) is 1. The molecule has 1 fully saturated rings. The summed E-state index contributed by atoms with van der Waals surface area (Å²) in [6.07, 6.45) is 8.59. The van der Waals surface area contributed by atoms with E-state index in [-0.39, 0.29) is 0 Å². The first-order valence-corrected chi connectivity index (χ1v) is 6.47. The van der Waals surface area contributed by atoms with Crippen LogP contribution in [0.1, 0.15) is 44.6 Å². The van der Waals surface area contributed by atoms with Gasteiger partial charge in [0.05, 0.1) is 0 Å². The van der Waals surface area contributed by atoms with Crippen molar-refractivity contribution in [2.45, 2.75) is 52.0 Å². The lowest BCUT2D eigenvalue weighted by atomic mass is 9.84. The summed E-state index contributed by atoms with van der Waals surface area (Å²) in [4.78, 5) is 4.37. The first-order chi connectivity index (χ1) is 7.78. The second-order valence-corrected chi connectivity index (χ2v) is 5.00. The fourth-order valence-corrected chi connectivity index (χ4v) is 2.62. The molecule has 1 aliphatic rings. The second-order valence-electron chi connectivity index (χ2n) is 5.00. The van der Waals surface area contributed by atoms with Crippen LogP contribution < -0.4 is 5.32 Å². The molecule has 1 aliphatic carbocycles. The molecular formula is C14H22N2. The molecular weight excluding hydrogens is 196 g/mol. The number of aromatic nitrogens is 1. The first-order valence-electron chi connectivity index (χ1n) is 6.47. The van der Waals surface area contributed by atoms with Crippen molar-refractivity contribution in [1.29, 1.82) is 0 Å². The summed E-state index contributed by atoms with van der Waals surface area (Å²) in [5, 5.41) is 3.57. The molecule has 0 spiro atoms. The number of anilines is 1. The summed E-state index contributed by atoms with van der Waals surface area (Å²) >= 11 is 0. The molecule has 2 unspecified atom stereocenters. The molecule has 1 aromatic heterocycles. The number of pyridine rings is 1. The molecule has 16 heavy (non-hydrogen) atoms. The van der Waals surface area contributed by atoms with Gasteiger partial charge in [0.2, 0.25) is 0 Å². The molecule has 0 saturated heterocycles. The van der Waals surface area contributed by atoms with Crippen LogP contribution in [0.4, 0.5) is 5.82 Å². The van der Waals surface area contributed by atoms with Crippen molar-refractivity contribution in [2.24, 2.45) is 5.92 Å². The van der Waals surface area contributed by atoms with Crippen molar-refractivity contribution in [2.75, 3.05) is 5.32 Å². The highest BCUT2D eigenvalue weighted by Gasteiger charge is 2.20. The van der Waals surface area contributed by atoms with E-state index in [1.54, 1.807) is 0 Å². The first kappa shape index (κ1) is 11.4. The Bertz CT molecular complexity index is 335. The van der Waals surface area contributed by atoms with Crippen LogP contribution in [0.15, 0.2) is 18.3 Å². The normalized spacial score (nSPS) is 25.4. The molecule has 0 aromatic carbocycles. The molecule has 2 nitrogen and oxygen atoms in total. The molecule has 2 atom stereocenters. The minimum atomic E-state index is 0.632. The Balaban J connectivity index is 1.94. The zero-order valence-corrected chi connectivity index (χ0v) is 10.4. The summed E-state index contributed by atoms with van der Waals surface area (Å²) in [6, 6.07) is 4.81. The predicted molar refractivity (Wildman–Crippen MR) is 68.6 cm³/mol. The molecule has 1 N–H and O–H groups in total. The van der Waals surface area contributed by atoms with Gasteiger partial charge < -0.3 is 5.32 Å². The number of aryl methyl sites for hydroxylation is 1. The Labute approximate surface area is 98.5 Å². The van der Waals surface area contributed by atoms with E-state index in [0.717, 1.165) is 11.7 Å². The maximum Gasteiger partial charge on any atom is 0.126 e. The molecule has 2 rings (SSSR count). The highest BCUT2D eigenvalue weighted by molar-refractivity contribution is 5.38. The van der Waals surface area contributed by atoms with Crippen molar-refractivity contribution < 1.29 is 0 Å². The van der Waals surface area contributed by atoms with E-state index >= 15 is 0 Å². The lowest BCUT2D eigenvalue weighted by Gasteiger charge is -2.29. The highest BCUT2D eigenvalue weighted by Crippen LogP contribution is 2.28. The second kappa shape index (κ2) is 5.33. The van der Waals surface area contributed by atoms with Gasteiger partial charge in [-0.15, -0.1) is 0 Å². The van der Waals surface area contributed by atoms with Crippen molar-refractivity contribution in [3.63, 3.8) is 0 Å². The number of hydrogen-bond acceptors (Lipinski definition) is 2. The van der Waals surface area contributed by atoms with Crippen LogP contribution in [0, 0.1) is 12.8 Å². The van der Waals surface area contributed by atoms with Crippen LogP contribution in [0.3, 0.4) is 0 Å². The van der Waals surface area contributed by atoms with Gasteiger partial charge in [0, 0.05) is 12.2 Å². The molecule has 0 bridgehead atoms. The summed E-state index contributed by atoms with van der Waals surface area (Å²) in [5.74, 6) is 1.96. The van der Waals surface area contributed by atoms with Gasteiger partial charge in [-0.3, -0.25) is 0 Å². The average Bonchev–Trinajstić information content (AvgIpc) is 2.29. The van der Waals surface area contributed by atoms with E-state index < -0.39 is 0 Å². The summed E-state index contributed by atoms with van der Waals surface area (Å²) in [5.41, 5.74) is 1.28. The standard InChI is InChI=1S/C14H22N2/c1-3-12-5-4-6-13(10-12)16-14-9-11(2)7-8-15-14/h7-9,12-13H,3-6,10H2,1-2H3,(H,15,16). The van der Waals surface area contributed by atoms with Gasteiger partial charge >= 0.3 is 0 Å². The summed E-state index contributed by atoms with van der Waals surface area (Å²) in [6.45, 7) is 4.42. The molecule has 1 saturated carbocycles. The fourth-order valence-electron chi connectivity index (χ4n) is 2.62. The Morgan fingerprint density at radius 2 is 2.31 bits per heavy atom. The molecule has 0 aliphatic heterocycles. The lowest BCUT2D eigenvalue weighted by Crippen LogP contribution is -2.27. The maximum absolute atomic E-state index is 4.37. The maximum atomic E-state index is 4.37. The molecule has 1 aromatic rings. The van der Waals surface area contributed by atoms with E-state index in [1.165, 1.54) is 37.7 Å². The van der Waals surface area contributed by atoms with E-state index in [2.05, 4.69) is 30.2 Å². The van der Waals surface area contributed by atoms with Gasteiger partial charge in [-0.05, 0) is 43.4 Å². The highest BCUT2D eigenvalue weighted by atomic mass is 15.0. The van der Waals surface area contributed by atoms with E-state index in [4.69, 9.17) is 0 Å². The zero-order chi connectivity index (χ0) is 11.4. The molecule has 0 radical (unpaired) electrons. The number of rotatable bonds is 3. The van der Waals surface area contributed by atoms with Crippen molar-refractivity contribution >= 4 is 5.82 Å². The quantitative estimate of drug-likeness (QED) is 0.835. The monoisotopic (exact) mass is 218 g/mol. The van der Waals surface area contributed by atoms with Crippen LogP contribution in [0.25, 0.3) is 0 Å². The SMILES string of the molecule is CCC1CCCC(Nc2cc(C)ccn2)C1. The summed E-state index contributed by atoms with van der Waals surface area (Å²) in [7, 11) is 0. The zero-order valence-electron chi connectivity index (χ0n) is 10.4. The van der Waals surface area contributed by atoms with Gasteiger partial charge in [0.1, 0.15) is 5.82 Å². The number of nitrogens with zero attached hydrogens (tertiary/aromatic N) is 1. The van der Waals surface area contributed by atoms with Crippen LogP contribution in [0.5, 0.6) is 0 Å². The van der Waals surface area contributed by atoms with Crippen molar-refractivity contribution in [3.8, 4) is 0 Å². The Morgan fingerprint density at radius 1 is 1.44 bits per heavy atom.